The summed E-state index contributed by atoms with van der Waals surface area (Å²) < 4.78 is 1.19. The number of nitrogens with two attached hydrogens (primary N) is 1. The van der Waals surface area contributed by atoms with Crippen molar-refractivity contribution in [1.82, 2.24) is 0 Å². The van der Waals surface area contributed by atoms with Crippen LogP contribution in [0, 0.1) is 27.2 Å². The summed E-state index contributed by atoms with van der Waals surface area (Å²) in [7, 11) is 0. The van der Waals surface area contributed by atoms with E-state index in [0.717, 1.165) is 27.1 Å². The smallest absolute Gasteiger partial charge is 0.0961 e. The van der Waals surface area contributed by atoms with Crippen molar-refractivity contribution in [3.63, 3.8) is 0 Å². The summed E-state index contributed by atoms with van der Waals surface area (Å²) in [5, 5.41) is 11.8. The van der Waals surface area contributed by atoms with Crippen LogP contribution in [-0.2, 0) is 0 Å². The zero-order valence-electron chi connectivity index (χ0n) is 12.8. The molecule has 0 fully saturated rings. The molecule has 2 radical (unpaired) electrons. The fraction of sp³-hybridized carbons (Fsp3) is 0.158. The molecule has 1 atom stereocenters. The number of aryl methyl sites for hydroxylation is 1. The molecular weight excluding hydrogens is 290 g/mol. The standard InChI is InChI=1S/C19H19NOS/c1-11-8-9-14(18(20)12(11)2)10-16(21)19-13(3)15-6-4-5-7-17(15)22-19/h4-10,16,21H,1,20H2,2-3H3. The molecule has 0 amide bonds. The topological polar surface area (TPSA) is 46.2 Å². The van der Waals surface area contributed by atoms with E-state index in [2.05, 4.69) is 26.0 Å². The number of fused-ring (bicyclic) bond motifs is 1. The van der Waals surface area contributed by atoms with E-state index < -0.39 is 6.10 Å². The van der Waals surface area contributed by atoms with Crippen LogP contribution in [0.1, 0.15) is 33.2 Å². The number of benzene rings is 2. The van der Waals surface area contributed by atoms with Crippen LogP contribution in [0.4, 0.5) is 5.69 Å². The van der Waals surface area contributed by atoms with Gasteiger partial charge < -0.3 is 10.8 Å². The zero-order chi connectivity index (χ0) is 15.9. The number of rotatable bonds is 3. The van der Waals surface area contributed by atoms with E-state index in [0.29, 0.717) is 5.69 Å². The van der Waals surface area contributed by atoms with Crippen molar-refractivity contribution in [2.24, 2.45) is 0 Å². The summed E-state index contributed by atoms with van der Waals surface area (Å²) >= 11 is 1.63. The van der Waals surface area contributed by atoms with Gasteiger partial charge in [0.2, 0.25) is 0 Å². The molecule has 0 aliphatic rings. The Bertz CT molecular complexity index is 835. The maximum absolute atomic E-state index is 10.6. The molecule has 2 nitrogen and oxygen atoms in total. The van der Waals surface area contributed by atoms with Crippen molar-refractivity contribution < 1.29 is 5.11 Å². The molecule has 3 aromatic rings. The molecule has 0 bridgehead atoms. The Kier molecular flexibility index (Phi) is 3.94. The Balaban J connectivity index is 1.95. The van der Waals surface area contributed by atoms with Crippen LogP contribution in [0.3, 0.4) is 0 Å². The van der Waals surface area contributed by atoms with E-state index in [-0.39, 0.29) is 0 Å². The number of nitrogen functional groups attached to an aromatic ring is 1. The second-order valence-electron chi connectivity index (χ2n) is 5.55. The van der Waals surface area contributed by atoms with Gasteiger partial charge in [0.25, 0.3) is 0 Å². The molecule has 112 valence electrons. The van der Waals surface area contributed by atoms with Crippen LogP contribution in [0.15, 0.2) is 36.4 Å². The van der Waals surface area contributed by atoms with Crippen molar-refractivity contribution in [3.05, 3.63) is 76.9 Å². The number of aliphatic hydroxyl groups excluding tert-OH is 1. The van der Waals surface area contributed by atoms with Gasteiger partial charge in [0.05, 0.1) is 6.10 Å². The Hall–Kier alpha value is -1.84. The highest BCUT2D eigenvalue weighted by molar-refractivity contribution is 7.19. The highest BCUT2D eigenvalue weighted by Crippen LogP contribution is 2.37. The third-order valence-electron chi connectivity index (χ3n) is 4.15. The van der Waals surface area contributed by atoms with Gasteiger partial charge in [0.1, 0.15) is 0 Å². The second-order valence-corrected chi connectivity index (χ2v) is 6.64. The molecule has 0 saturated heterocycles. The van der Waals surface area contributed by atoms with Crippen LogP contribution in [0.5, 0.6) is 0 Å². The summed E-state index contributed by atoms with van der Waals surface area (Å²) in [6.45, 7) is 7.95. The lowest BCUT2D eigenvalue weighted by Gasteiger charge is -2.14. The van der Waals surface area contributed by atoms with Gasteiger partial charge in [-0.3, -0.25) is 0 Å². The molecule has 1 unspecified atom stereocenters. The second kappa shape index (κ2) is 5.75. The van der Waals surface area contributed by atoms with Crippen LogP contribution in [0.2, 0.25) is 0 Å². The quantitative estimate of drug-likeness (QED) is 0.696. The van der Waals surface area contributed by atoms with E-state index in [9.17, 15) is 5.11 Å². The van der Waals surface area contributed by atoms with Gasteiger partial charge in [-0.15, -0.1) is 11.3 Å². The first kappa shape index (κ1) is 15.1. The lowest BCUT2D eigenvalue weighted by molar-refractivity contribution is 0.218. The molecule has 3 rings (SSSR count). The molecule has 1 aromatic heterocycles. The average molecular weight is 309 g/mol. The first-order valence-corrected chi connectivity index (χ1v) is 8.02. The van der Waals surface area contributed by atoms with Crippen molar-refractivity contribution in [2.45, 2.75) is 20.0 Å². The fourth-order valence-corrected chi connectivity index (χ4v) is 3.83. The predicted molar refractivity (Wildman–Crippen MR) is 95.0 cm³/mol. The summed E-state index contributed by atoms with van der Waals surface area (Å²) in [6, 6.07) is 12.1. The van der Waals surface area contributed by atoms with Crippen LogP contribution < -0.4 is 5.73 Å². The maximum atomic E-state index is 10.6. The summed E-state index contributed by atoms with van der Waals surface area (Å²) in [6.07, 6.45) is 1.16. The van der Waals surface area contributed by atoms with Gasteiger partial charge in [-0.2, -0.15) is 0 Å². The van der Waals surface area contributed by atoms with Crippen molar-refractivity contribution in [1.29, 1.82) is 0 Å². The van der Waals surface area contributed by atoms with E-state index in [1.807, 2.05) is 37.6 Å². The number of hydrogen-bond acceptors (Lipinski definition) is 3. The molecule has 0 spiro atoms. The first-order chi connectivity index (χ1) is 10.5. The summed E-state index contributed by atoms with van der Waals surface area (Å²) in [5.74, 6) is 0. The minimum absolute atomic E-state index is 0.658. The molecule has 3 N–H and O–H groups in total. The lowest BCUT2D eigenvalue weighted by Crippen LogP contribution is -2.04. The van der Waals surface area contributed by atoms with Crippen molar-refractivity contribution in [3.8, 4) is 0 Å². The van der Waals surface area contributed by atoms with Crippen molar-refractivity contribution >= 4 is 27.1 Å². The first-order valence-electron chi connectivity index (χ1n) is 7.21. The number of thiophene rings is 1. The molecule has 0 aliphatic heterocycles. The predicted octanol–water partition coefficient (Wildman–Crippen LogP) is 4.57. The fourth-order valence-electron chi connectivity index (χ4n) is 2.66. The van der Waals surface area contributed by atoms with E-state index >= 15 is 0 Å². The average Bonchev–Trinajstić information content (AvgIpc) is 2.85. The third-order valence-corrected chi connectivity index (χ3v) is 5.49. The molecule has 0 aliphatic carbocycles. The zero-order valence-corrected chi connectivity index (χ0v) is 13.6. The van der Waals surface area contributed by atoms with E-state index in [1.54, 1.807) is 11.3 Å². The van der Waals surface area contributed by atoms with Crippen LogP contribution >= 0.6 is 11.3 Å². The molecule has 0 saturated carbocycles. The van der Waals surface area contributed by atoms with E-state index in [1.165, 1.54) is 10.1 Å². The minimum atomic E-state index is -0.658. The van der Waals surface area contributed by atoms with Gasteiger partial charge in [-0.1, -0.05) is 30.3 Å². The molecule has 2 aromatic carbocycles. The van der Waals surface area contributed by atoms with Gasteiger partial charge in [-0.25, -0.2) is 0 Å². The Morgan fingerprint density at radius 3 is 2.59 bits per heavy atom. The summed E-state index contributed by atoms with van der Waals surface area (Å²) in [5.41, 5.74) is 10.7. The largest absolute Gasteiger partial charge is 0.398 e. The van der Waals surface area contributed by atoms with Gasteiger partial charge in [0, 0.05) is 21.7 Å². The summed E-state index contributed by atoms with van der Waals surface area (Å²) in [4.78, 5) is 0.969. The molecule has 3 heteroatoms. The Labute approximate surface area is 135 Å². The van der Waals surface area contributed by atoms with Gasteiger partial charge in [0.15, 0.2) is 0 Å². The van der Waals surface area contributed by atoms with Crippen molar-refractivity contribution in [2.75, 3.05) is 5.73 Å². The monoisotopic (exact) mass is 309 g/mol. The Morgan fingerprint density at radius 2 is 1.86 bits per heavy atom. The highest BCUT2D eigenvalue weighted by Gasteiger charge is 2.18. The Morgan fingerprint density at radius 1 is 1.14 bits per heavy atom. The van der Waals surface area contributed by atoms with Gasteiger partial charge >= 0.3 is 0 Å². The van der Waals surface area contributed by atoms with E-state index in [4.69, 9.17) is 5.73 Å². The number of anilines is 1. The molecule has 1 heterocycles. The minimum Gasteiger partial charge on any atom is -0.398 e. The van der Waals surface area contributed by atoms with Gasteiger partial charge in [-0.05, 0) is 54.5 Å². The van der Waals surface area contributed by atoms with Crippen LogP contribution in [0.25, 0.3) is 10.1 Å². The highest BCUT2D eigenvalue weighted by atomic mass is 32.1. The SMILES string of the molecule is [CH2]c1ccc([CH]C(O)c2sc3ccccc3c2C)c(N)c1C. The molecule has 22 heavy (non-hydrogen) atoms. The molecular formula is C19H19NOS. The maximum Gasteiger partial charge on any atom is 0.0961 e. The third kappa shape index (κ3) is 2.51. The lowest BCUT2D eigenvalue weighted by atomic mass is 9.97. The number of aliphatic hydroxyl groups is 1. The van der Waals surface area contributed by atoms with Crippen LogP contribution in [-0.4, -0.2) is 5.11 Å². The normalized spacial score (nSPS) is 12.7. The number of hydrogen-bond donors (Lipinski definition) is 2.